The SMILES string of the molecule is CC=CCOC(C)(CCCCCCC)C(=O)O. The highest BCUT2D eigenvalue weighted by Gasteiger charge is 2.33. The fourth-order valence-electron chi connectivity index (χ4n) is 1.63. The molecular formula is C14H26O3. The van der Waals surface area contributed by atoms with Crippen LogP contribution in [0.1, 0.15) is 59.3 Å². The number of rotatable bonds is 10. The van der Waals surface area contributed by atoms with E-state index in [0.717, 1.165) is 12.8 Å². The summed E-state index contributed by atoms with van der Waals surface area (Å²) in [6, 6.07) is 0. The molecule has 0 aromatic heterocycles. The van der Waals surface area contributed by atoms with Crippen molar-refractivity contribution in [2.45, 2.75) is 64.9 Å². The molecule has 0 radical (unpaired) electrons. The molecule has 0 aromatic rings. The van der Waals surface area contributed by atoms with Crippen LogP contribution in [0.2, 0.25) is 0 Å². The lowest BCUT2D eigenvalue weighted by Crippen LogP contribution is -2.38. The quantitative estimate of drug-likeness (QED) is 0.468. The first-order valence-corrected chi connectivity index (χ1v) is 6.55. The van der Waals surface area contributed by atoms with Gasteiger partial charge >= 0.3 is 5.97 Å². The van der Waals surface area contributed by atoms with Gasteiger partial charge in [0.25, 0.3) is 0 Å². The maximum atomic E-state index is 11.2. The minimum Gasteiger partial charge on any atom is -0.479 e. The van der Waals surface area contributed by atoms with E-state index in [1.54, 1.807) is 6.92 Å². The van der Waals surface area contributed by atoms with Gasteiger partial charge in [-0.3, -0.25) is 0 Å². The first kappa shape index (κ1) is 16.2. The molecule has 0 aliphatic heterocycles. The van der Waals surface area contributed by atoms with Crippen LogP contribution in [0.15, 0.2) is 12.2 Å². The fraction of sp³-hybridized carbons (Fsp3) is 0.786. The Bertz CT molecular complexity index is 236. The van der Waals surface area contributed by atoms with Crippen LogP contribution in [0, 0.1) is 0 Å². The van der Waals surface area contributed by atoms with Gasteiger partial charge in [-0.25, -0.2) is 4.79 Å². The second-order valence-corrected chi connectivity index (χ2v) is 4.58. The first-order chi connectivity index (χ1) is 8.06. The summed E-state index contributed by atoms with van der Waals surface area (Å²) in [5.74, 6) is -0.863. The standard InChI is InChI=1S/C14H26O3/c1-4-6-8-9-10-11-14(3,13(15)16)17-12-7-5-2/h5,7H,4,6,8-12H2,1-3H3,(H,15,16). The van der Waals surface area contributed by atoms with Gasteiger partial charge in [-0.2, -0.15) is 0 Å². The van der Waals surface area contributed by atoms with E-state index in [4.69, 9.17) is 4.74 Å². The van der Waals surface area contributed by atoms with Crippen molar-refractivity contribution >= 4 is 5.97 Å². The molecule has 0 rings (SSSR count). The summed E-state index contributed by atoms with van der Waals surface area (Å²) in [7, 11) is 0. The van der Waals surface area contributed by atoms with Crippen LogP contribution < -0.4 is 0 Å². The second kappa shape index (κ2) is 9.23. The molecule has 17 heavy (non-hydrogen) atoms. The third-order valence-corrected chi connectivity index (χ3v) is 2.94. The van der Waals surface area contributed by atoms with E-state index in [2.05, 4.69) is 6.92 Å². The minimum absolute atomic E-state index is 0.369. The van der Waals surface area contributed by atoms with Crippen molar-refractivity contribution in [3.05, 3.63) is 12.2 Å². The van der Waals surface area contributed by atoms with Crippen LogP contribution in [-0.4, -0.2) is 23.3 Å². The molecule has 1 atom stereocenters. The zero-order valence-corrected chi connectivity index (χ0v) is 11.4. The van der Waals surface area contributed by atoms with Gasteiger partial charge in [0.05, 0.1) is 6.61 Å². The van der Waals surface area contributed by atoms with E-state index in [9.17, 15) is 9.90 Å². The van der Waals surface area contributed by atoms with Gasteiger partial charge in [0, 0.05) is 0 Å². The van der Waals surface area contributed by atoms with Crippen LogP contribution in [0.5, 0.6) is 0 Å². The maximum absolute atomic E-state index is 11.2. The normalized spacial score (nSPS) is 15.0. The van der Waals surface area contributed by atoms with Gasteiger partial charge in [-0.1, -0.05) is 44.8 Å². The molecule has 3 heteroatoms. The fourth-order valence-corrected chi connectivity index (χ4v) is 1.63. The molecule has 1 unspecified atom stereocenters. The van der Waals surface area contributed by atoms with Crippen LogP contribution in [0.4, 0.5) is 0 Å². The zero-order valence-electron chi connectivity index (χ0n) is 11.4. The van der Waals surface area contributed by atoms with Gasteiger partial charge in [0.15, 0.2) is 5.60 Å². The largest absolute Gasteiger partial charge is 0.479 e. The van der Waals surface area contributed by atoms with Crippen molar-refractivity contribution in [3.8, 4) is 0 Å². The Morgan fingerprint density at radius 3 is 2.47 bits per heavy atom. The molecule has 0 heterocycles. The first-order valence-electron chi connectivity index (χ1n) is 6.55. The smallest absolute Gasteiger partial charge is 0.335 e. The molecule has 0 bridgehead atoms. The Hall–Kier alpha value is -0.830. The topological polar surface area (TPSA) is 46.5 Å². The number of carboxylic acids is 1. The maximum Gasteiger partial charge on any atom is 0.335 e. The predicted molar refractivity (Wildman–Crippen MR) is 70.2 cm³/mol. The molecule has 0 aliphatic carbocycles. The Labute approximate surface area is 105 Å². The number of ether oxygens (including phenoxy) is 1. The molecule has 0 fully saturated rings. The van der Waals surface area contributed by atoms with Gasteiger partial charge < -0.3 is 9.84 Å². The third kappa shape index (κ3) is 7.16. The van der Waals surface area contributed by atoms with E-state index >= 15 is 0 Å². The Kier molecular flexibility index (Phi) is 8.78. The van der Waals surface area contributed by atoms with Crippen molar-refractivity contribution in [1.82, 2.24) is 0 Å². The van der Waals surface area contributed by atoms with Crippen molar-refractivity contribution in [3.63, 3.8) is 0 Å². The highest BCUT2D eigenvalue weighted by atomic mass is 16.5. The van der Waals surface area contributed by atoms with Gasteiger partial charge in [-0.05, 0) is 26.7 Å². The summed E-state index contributed by atoms with van der Waals surface area (Å²) >= 11 is 0. The summed E-state index contributed by atoms with van der Waals surface area (Å²) in [6.07, 6.45) is 9.89. The zero-order chi connectivity index (χ0) is 13.1. The van der Waals surface area contributed by atoms with Crippen molar-refractivity contribution < 1.29 is 14.6 Å². The molecule has 0 aromatic carbocycles. The lowest BCUT2D eigenvalue weighted by Gasteiger charge is -2.24. The summed E-state index contributed by atoms with van der Waals surface area (Å²) in [5.41, 5.74) is -1.04. The summed E-state index contributed by atoms with van der Waals surface area (Å²) in [4.78, 5) is 11.2. The lowest BCUT2D eigenvalue weighted by atomic mass is 9.97. The summed E-state index contributed by atoms with van der Waals surface area (Å²) in [6.45, 7) is 6.10. The Morgan fingerprint density at radius 1 is 1.29 bits per heavy atom. The Balaban J connectivity index is 3.99. The summed E-state index contributed by atoms with van der Waals surface area (Å²) in [5, 5.41) is 9.19. The number of carboxylic acid groups (broad SMARTS) is 1. The van der Waals surface area contributed by atoms with E-state index < -0.39 is 11.6 Å². The van der Waals surface area contributed by atoms with Gasteiger partial charge in [-0.15, -0.1) is 0 Å². The monoisotopic (exact) mass is 242 g/mol. The predicted octanol–water partition coefficient (Wildman–Crippen LogP) is 3.78. The van der Waals surface area contributed by atoms with Crippen LogP contribution in [0.25, 0.3) is 0 Å². The average Bonchev–Trinajstić information content (AvgIpc) is 2.29. The van der Waals surface area contributed by atoms with E-state index in [1.165, 1.54) is 19.3 Å². The lowest BCUT2D eigenvalue weighted by molar-refractivity contribution is -0.163. The molecule has 3 nitrogen and oxygen atoms in total. The third-order valence-electron chi connectivity index (χ3n) is 2.94. The van der Waals surface area contributed by atoms with E-state index in [0.29, 0.717) is 13.0 Å². The molecule has 100 valence electrons. The Morgan fingerprint density at radius 2 is 1.94 bits per heavy atom. The number of hydrogen-bond donors (Lipinski definition) is 1. The molecule has 0 saturated heterocycles. The molecule has 0 amide bonds. The highest BCUT2D eigenvalue weighted by molar-refractivity contribution is 5.76. The number of aliphatic carboxylic acids is 1. The van der Waals surface area contributed by atoms with E-state index in [1.807, 2.05) is 19.1 Å². The van der Waals surface area contributed by atoms with Crippen molar-refractivity contribution in [2.75, 3.05) is 6.61 Å². The molecular weight excluding hydrogens is 216 g/mol. The number of allylic oxidation sites excluding steroid dienone is 1. The molecule has 0 saturated carbocycles. The van der Waals surface area contributed by atoms with E-state index in [-0.39, 0.29) is 0 Å². The van der Waals surface area contributed by atoms with Crippen LogP contribution in [-0.2, 0) is 9.53 Å². The average molecular weight is 242 g/mol. The minimum atomic E-state index is -1.04. The number of carbonyl (C=O) groups is 1. The van der Waals surface area contributed by atoms with Gasteiger partial charge in [0.1, 0.15) is 0 Å². The highest BCUT2D eigenvalue weighted by Crippen LogP contribution is 2.20. The summed E-state index contributed by atoms with van der Waals surface area (Å²) < 4.78 is 5.45. The number of unbranched alkanes of at least 4 members (excludes halogenated alkanes) is 4. The van der Waals surface area contributed by atoms with Gasteiger partial charge in [0.2, 0.25) is 0 Å². The van der Waals surface area contributed by atoms with Crippen LogP contribution in [0.3, 0.4) is 0 Å². The van der Waals surface area contributed by atoms with Crippen molar-refractivity contribution in [1.29, 1.82) is 0 Å². The number of hydrogen-bond acceptors (Lipinski definition) is 2. The molecule has 0 spiro atoms. The van der Waals surface area contributed by atoms with Crippen molar-refractivity contribution in [2.24, 2.45) is 0 Å². The molecule has 0 aliphatic rings. The second-order valence-electron chi connectivity index (χ2n) is 4.58. The van der Waals surface area contributed by atoms with Crippen LogP contribution >= 0.6 is 0 Å². The molecule has 1 N–H and O–H groups in total.